The smallest absolute Gasteiger partial charge is 0.221 e. The Morgan fingerprint density at radius 3 is 2.50 bits per heavy atom. The zero-order chi connectivity index (χ0) is 17.9. The fourth-order valence-electron chi connectivity index (χ4n) is 3.18. The number of aryl methyl sites for hydroxylation is 1. The highest BCUT2D eigenvalue weighted by Gasteiger charge is 2.35. The zero-order valence-corrected chi connectivity index (χ0v) is 18.2. The molecule has 1 aromatic heterocycles. The van der Waals surface area contributed by atoms with E-state index in [9.17, 15) is 13.2 Å². The third-order valence-corrected chi connectivity index (χ3v) is 5.58. The average Bonchev–Trinajstić information content (AvgIpc) is 3.04. The lowest BCUT2D eigenvalue weighted by molar-refractivity contribution is -0.121. The van der Waals surface area contributed by atoms with Crippen molar-refractivity contribution in [3.05, 3.63) is 18.2 Å². The molecule has 0 unspecified atom stereocenters. The van der Waals surface area contributed by atoms with Gasteiger partial charge in [-0.1, -0.05) is 13.8 Å². The Morgan fingerprint density at radius 1 is 1.35 bits per heavy atom. The van der Waals surface area contributed by atoms with Crippen molar-refractivity contribution in [2.45, 2.75) is 32.9 Å². The van der Waals surface area contributed by atoms with Crippen LogP contribution >= 0.6 is 24.8 Å². The van der Waals surface area contributed by atoms with E-state index in [0.29, 0.717) is 11.8 Å². The summed E-state index contributed by atoms with van der Waals surface area (Å²) in [5.74, 6) is 1.51. The Labute approximate surface area is 168 Å². The van der Waals surface area contributed by atoms with Gasteiger partial charge in [0.2, 0.25) is 5.91 Å². The molecule has 0 spiro atoms. The lowest BCUT2D eigenvalue weighted by Crippen LogP contribution is -2.42. The molecule has 1 aliphatic rings. The van der Waals surface area contributed by atoms with Gasteiger partial charge in [0.1, 0.15) is 15.7 Å². The van der Waals surface area contributed by atoms with Crippen LogP contribution in [0.3, 0.4) is 0 Å². The first kappa shape index (κ1) is 25.2. The SMILES string of the molecule is CC(C)[C@H]1CN(Cc2nccn2C)C[C@@H]1NC(=O)CCS(C)(=O)=O.Cl.Cl. The molecule has 1 fully saturated rings. The molecule has 0 radical (unpaired) electrons. The molecule has 1 aliphatic heterocycles. The molecule has 2 rings (SSSR count). The summed E-state index contributed by atoms with van der Waals surface area (Å²) < 4.78 is 24.4. The van der Waals surface area contributed by atoms with Crippen LogP contribution < -0.4 is 5.32 Å². The molecule has 152 valence electrons. The molecule has 0 saturated carbocycles. The molecule has 0 aromatic carbocycles. The van der Waals surface area contributed by atoms with Crippen molar-refractivity contribution >= 4 is 40.6 Å². The van der Waals surface area contributed by atoms with Crippen LogP contribution in [0.1, 0.15) is 26.1 Å². The second kappa shape index (κ2) is 10.5. The minimum absolute atomic E-state index is 0. The van der Waals surface area contributed by atoms with Gasteiger partial charge in [0.25, 0.3) is 0 Å². The molecule has 26 heavy (non-hydrogen) atoms. The molecule has 10 heteroatoms. The topological polar surface area (TPSA) is 84.3 Å². The number of carbonyl (C=O) groups is 1. The van der Waals surface area contributed by atoms with E-state index in [0.717, 1.165) is 31.7 Å². The Kier molecular flexibility index (Phi) is 10.2. The Balaban J connectivity index is 0.00000312. The van der Waals surface area contributed by atoms with Gasteiger partial charge in [-0.05, 0) is 11.8 Å². The minimum Gasteiger partial charge on any atom is -0.352 e. The predicted molar refractivity (Wildman–Crippen MR) is 108 cm³/mol. The van der Waals surface area contributed by atoms with Gasteiger partial charge in [0, 0.05) is 51.2 Å². The number of imidazole rings is 1. The highest BCUT2D eigenvalue weighted by Crippen LogP contribution is 2.25. The highest BCUT2D eigenvalue weighted by molar-refractivity contribution is 7.90. The number of nitrogens with zero attached hydrogens (tertiary/aromatic N) is 3. The largest absolute Gasteiger partial charge is 0.352 e. The number of halogens is 2. The van der Waals surface area contributed by atoms with E-state index in [2.05, 4.69) is 29.0 Å². The summed E-state index contributed by atoms with van der Waals surface area (Å²) in [6.07, 6.45) is 4.90. The maximum Gasteiger partial charge on any atom is 0.221 e. The van der Waals surface area contributed by atoms with Crippen molar-refractivity contribution in [2.75, 3.05) is 25.1 Å². The summed E-state index contributed by atoms with van der Waals surface area (Å²) in [6, 6.07) is 0.0531. The summed E-state index contributed by atoms with van der Waals surface area (Å²) in [7, 11) is -1.14. The van der Waals surface area contributed by atoms with Gasteiger partial charge in [0.15, 0.2) is 0 Å². The van der Waals surface area contributed by atoms with Crippen molar-refractivity contribution in [3.8, 4) is 0 Å². The molecule has 2 atom stereocenters. The van der Waals surface area contributed by atoms with Crippen LogP contribution in [0.4, 0.5) is 0 Å². The quantitative estimate of drug-likeness (QED) is 0.706. The third-order valence-electron chi connectivity index (χ3n) is 4.63. The second-order valence-corrected chi connectivity index (χ2v) is 9.37. The maximum atomic E-state index is 12.1. The van der Waals surface area contributed by atoms with E-state index in [1.165, 1.54) is 0 Å². The van der Waals surface area contributed by atoms with Gasteiger partial charge in [-0.15, -0.1) is 24.8 Å². The summed E-state index contributed by atoms with van der Waals surface area (Å²) in [5, 5.41) is 3.03. The van der Waals surface area contributed by atoms with Crippen LogP contribution in [0.5, 0.6) is 0 Å². The molecule has 1 N–H and O–H groups in total. The first-order valence-corrected chi connectivity index (χ1v) is 10.4. The van der Waals surface area contributed by atoms with Crippen LogP contribution in [-0.4, -0.2) is 59.9 Å². The summed E-state index contributed by atoms with van der Waals surface area (Å²) >= 11 is 0. The molecule has 1 aromatic rings. The molecular formula is C16H30Cl2N4O3S. The first-order chi connectivity index (χ1) is 11.2. The van der Waals surface area contributed by atoms with Crippen molar-refractivity contribution in [3.63, 3.8) is 0 Å². The van der Waals surface area contributed by atoms with Crippen molar-refractivity contribution in [1.29, 1.82) is 0 Å². The number of likely N-dealkylation sites (tertiary alicyclic amines) is 1. The Morgan fingerprint density at radius 2 is 2.00 bits per heavy atom. The minimum atomic E-state index is -3.11. The standard InChI is InChI=1S/C16H28N4O3S.2ClH/c1-12(2)13-9-20(11-15-17-6-7-19(15)3)10-14(13)18-16(21)5-8-24(4,22)23;;/h6-7,12-14H,5,8-11H2,1-4H3,(H,18,21);2*1H/t13-,14+;;/m1../s1. The first-order valence-electron chi connectivity index (χ1n) is 8.31. The van der Waals surface area contributed by atoms with E-state index in [1.54, 1.807) is 6.20 Å². The zero-order valence-electron chi connectivity index (χ0n) is 15.7. The molecule has 1 amide bonds. The normalized spacial score (nSPS) is 20.5. The number of amides is 1. The van der Waals surface area contributed by atoms with Gasteiger partial charge in [-0.25, -0.2) is 13.4 Å². The van der Waals surface area contributed by atoms with Crippen LogP contribution in [0.2, 0.25) is 0 Å². The second-order valence-electron chi connectivity index (χ2n) is 7.11. The fraction of sp³-hybridized carbons (Fsp3) is 0.750. The molecule has 0 bridgehead atoms. The molecule has 2 heterocycles. The number of rotatable bonds is 7. The van der Waals surface area contributed by atoms with Gasteiger partial charge in [-0.3, -0.25) is 9.69 Å². The van der Waals surface area contributed by atoms with Crippen LogP contribution in [0.25, 0.3) is 0 Å². The molecular weight excluding hydrogens is 399 g/mol. The highest BCUT2D eigenvalue weighted by atomic mass is 35.5. The predicted octanol–water partition coefficient (Wildman–Crippen LogP) is 1.27. The number of aromatic nitrogens is 2. The van der Waals surface area contributed by atoms with Gasteiger partial charge in [-0.2, -0.15) is 0 Å². The molecule has 1 saturated heterocycles. The maximum absolute atomic E-state index is 12.1. The van der Waals surface area contributed by atoms with Crippen molar-refractivity contribution in [1.82, 2.24) is 19.8 Å². The number of carbonyl (C=O) groups excluding carboxylic acids is 1. The van der Waals surface area contributed by atoms with Crippen LogP contribution in [-0.2, 0) is 28.2 Å². The monoisotopic (exact) mass is 428 g/mol. The lowest BCUT2D eigenvalue weighted by Gasteiger charge is -2.22. The third kappa shape index (κ3) is 7.42. The molecule has 0 aliphatic carbocycles. The van der Waals surface area contributed by atoms with Crippen LogP contribution in [0.15, 0.2) is 12.4 Å². The van der Waals surface area contributed by atoms with Gasteiger partial charge < -0.3 is 9.88 Å². The van der Waals surface area contributed by atoms with E-state index >= 15 is 0 Å². The fourth-order valence-corrected chi connectivity index (χ4v) is 3.73. The Hall–Kier alpha value is -0.830. The number of nitrogens with one attached hydrogen (secondary N) is 1. The van der Waals surface area contributed by atoms with E-state index in [1.807, 2.05) is 17.8 Å². The van der Waals surface area contributed by atoms with Crippen molar-refractivity contribution < 1.29 is 13.2 Å². The van der Waals surface area contributed by atoms with Crippen molar-refractivity contribution in [2.24, 2.45) is 18.9 Å². The number of hydrogen-bond acceptors (Lipinski definition) is 5. The number of sulfone groups is 1. The van der Waals surface area contributed by atoms with E-state index in [-0.39, 0.29) is 48.9 Å². The summed E-state index contributed by atoms with van der Waals surface area (Å²) in [4.78, 5) is 18.7. The summed E-state index contributed by atoms with van der Waals surface area (Å²) in [5.41, 5.74) is 0. The van der Waals surface area contributed by atoms with E-state index < -0.39 is 9.84 Å². The number of hydrogen-bond donors (Lipinski definition) is 1. The van der Waals surface area contributed by atoms with E-state index in [4.69, 9.17) is 0 Å². The van der Waals surface area contributed by atoms with Gasteiger partial charge in [0.05, 0.1) is 12.3 Å². The van der Waals surface area contributed by atoms with Gasteiger partial charge >= 0.3 is 0 Å². The average molecular weight is 429 g/mol. The summed E-state index contributed by atoms with van der Waals surface area (Å²) in [6.45, 7) is 6.74. The molecule has 7 nitrogen and oxygen atoms in total. The van der Waals surface area contributed by atoms with Crippen LogP contribution in [0, 0.1) is 11.8 Å². The Bertz CT molecular complexity index is 679. The lowest BCUT2D eigenvalue weighted by atomic mass is 9.91.